The average Bonchev–Trinajstić information content (AvgIpc) is 3.03. The molecule has 0 aliphatic carbocycles. The zero-order chi connectivity index (χ0) is 18.5. The number of halogens is 1. The lowest BCUT2D eigenvalue weighted by Gasteiger charge is -2.12. The van der Waals surface area contributed by atoms with Gasteiger partial charge in [-0.2, -0.15) is 5.26 Å². The zero-order valence-electron chi connectivity index (χ0n) is 14.2. The number of methoxy groups -OCH3 is 1. The van der Waals surface area contributed by atoms with Crippen LogP contribution >= 0.6 is 39.0 Å². The highest BCUT2D eigenvalue weighted by Gasteiger charge is 2.12. The minimum Gasteiger partial charge on any atom is -0.492 e. The smallest absolute Gasteiger partial charge is 0.174 e. The fraction of sp³-hybridized carbons (Fsp3) is 0.158. The van der Waals surface area contributed by atoms with Gasteiger partial charge < -0.3 is 9.47 Å². The van der Waals surface area contributed by atoms with E-state index >= 15 is 0 Å². The first-order chi connectivity index (χ1) is 12.6. The van der Waals surface area contributed by atoms with Crippen molar-refractivity contribution in [2.45, 2.75) is 11.3 Å². The van der Waals surface area contributed by atoms with Gasteiger partial charge in [0.15, 0.2) is 15.8 Å². The van der Waals surface area contributed by atoms with Crippen molar-refractivity contribution in [3.8, 4) is 17.6 Å². The fourth-order valence-electron chi connectivity index (χ4n) is 2.36. The number of allylic oxidation sites excluding steroid dienone is 1. The molecule has 0 spiro atoms. The summed E-state index contributed by atoms with van der Waals surface area (Å²) in [5.41, 5.74) is 1.80. The number of aromatic nitrogens is 1. The molecule has 0 amide bonds. The van der Waals surface area contributed by atoms with Gasteiger partial charge in [-0.3, -0.25) is 0 Å². The van der Waals surface area contributed by atoms with Gasteiger partial charge in [0.05, 0.1) is 33.3 Å². The molecular formula is C19H15BrN2O2S2. The van der Waals surface area contributed by atoms with Crippen LogP contribution in [-0.2, 0) is 0 Å². The largest absolute Gasteiger partial charge is 0.492 e. The van der Waals surface area contributed by atoms with Crippen molar-refractivity contribution in [3.05, 3.63) is 51.3 Å². The van der Waals surface area contributed by atoms with E-state index in [0.717, 1.165) is 24.6 Å². The van der Waals surface area contributed by atoms with Crippen LogP contribution in [0.5, 0.6) is 11.5 Å². The molecule has 0 saturated heterocycles. The van der Waals surface area contributed by atoms with Gasteiger partial charge in [-0.15, -0.1) is 11.3 Å². The number of thiazole rings is 1. The maximum atomic E-state index is 9.54. The highest BCUT2D eigenvalue weighted by molar-refractivity contribution is 9.10. The second-order valence-electron chi connectivity index (χ2n) is 5.14. The van der Waals surface area contributed by atoms with Crippen LogP contribution in [0, 0.1) is 11.3 Å². The average molecular weight is 447 g/mol. The molecule has 1 heterocycles. The van der Waals surface area contributed by atoms with Crippen LogP contribution in [-0.4, -0.2) is 18.7 Å². The minimum absolute atomic E-state index is 0.529. The number of hydrogen-bond acceptors (Lipinski definition) is 6. The van der Waals surface area contributed by atoms with E-state index in [4.69, 9.17) is 9.47 Å². The van der Waals surface area contributed by atoms with Gasteiger partial charge in [0.1, 0.15) is 6.07 Å². The highest BCUT2D eigenvalue weighted by Crippen LogP contribution is 2.39. The molecule has 3 rings (SSSR count). The lowest BCUT2D eigenvalue weighted by molar-refractivity contribution is 0.310. The summed E-state index contributed by atoms with van der Waals surface area (Å²) in [7, 11) is 1.60. The third-order valence-electron chi connectivity index (χ3n) is 3.42. The molecule has 3 aromatic rings. The predicted octanol–water partition coefficient (Wildman–Crippen LogP) is 6.12. The van der Waals surface area contributed by atoms with E-state index in [1.807, 2.05) is 49.4 Å². The number of ether oxygens (including phenoxy) is 2. The zero-order valence-corrected chi connectivity index (χ0v) is 17.4. The van der Waals surface area contributed by atoms with Crippen molar-refractivity contribution in [1.82, 2.24) is 4.98 Å². The van der Waals surface area contributed by atoms with E-state index < -0.39 is 0 Å². The van der Waals surface area contributed by atoms with Crippen LogP contribution in [0.15, 0.2) is 50.1 Å². The highest BCUT2D eigenvalue weighted by atomic mass is 79.9. The van der Waals surface area contributed by atoms with Gasteiger partial charge in [0.25, 0.3) is 0 Å². The van der Waals surface area contributed by atoms with Crippen LogP contribution < -0.4 is 9.47 Å². The number of fused-ring (bicyclic) bond motifs is 1. The van der Waals surface area contributed by atoms with Crippen molar-refractivity contribution >= 4 is 55.3 Å². The molecule has 0 N–H and O–H groups in total. The van der Waals surface area contributed by atoms with E-state index in [-0.39, 0.29) is 0 Å². The third-order valence-corrected chi connectivity index (χ3v) is 6.03. The number of para-hydroxylation sites is 1. The SMILES string of the molecule is CCOc1cc(C=C(C#N)Sc2nc3ccccc3s2)cc(Br)c1OC. The maximum Gasteiger partial charge on any atom is 0.174 e. The second-order valence-corrected chi connectivity index (χ2v) is 8.31. The number of nitriles is 1. The summed E-state index contributed by atoms with van der Waals surface area (Å²) in [5, 5.41) is 9.54. The molecule has 0 saturated carbocycles. The van der Waals surface area contributed by atoms with Crippen molar-refractivity contribution in [3.63, 3.8) is 0 Å². The normalized spacial score (nSPS) is 11.4. The molecule has 7 heteroatoms. The Morgan fingerprint density at radius 1 is 1.38 bits per heavy atom. The Morgan fingerprint density at radius 2 is 2.19 bits per heavy atom. The Labute approximate surface area is 168 Å². The monoisotopic (exact) mass is 446 g/mol. The molecular weight excluding hydrogens is 432 g/mol. The van der Waals surface area contributed by atoms with E-state index in [2.05, 4.69) is 27.0 Å². The number of thioether (sulfide) groups is 1. The van der Waals surface area contributed by atoms with Crippen LogP contribution in [0.3, 0.4) is 0 Å². The standard InChI is InChI=1S/C19H15BrN2O2S2/c1-3-24-16-10-12(9-14(20)18(16)23-2)8-13(11-21)25-19-22-15-6-4-5-7-17(15)26-19/h4-10H,3H2,1-2H3. The molecule has 0 unspecified atom stereocenters. The fourth-order valence-corrected chi connectivity index (χ4v) is 4.95. The molecule has 132 valence electrons. The summed E-state index contributed by atoms with van der Waals surface area (Å²) in [6.07, 6.45) is 1.82. The molecule has 1 aromatic heterocycles. The first-order valence-corrected chi connectivity index (χ1v) is 10.2. The van der Waals surface area contributed by atoms with Gasteiger partial charge in [-0.25, -0.2) is 4.98 Å². The molecule has 2 aromatic carbocycles. The molecule has 0 aliphatic rings. The minimum atomic E-state index is 0.529. The van der Waals surface area contributed by atoms with Crippen LogP contribution in [0.1, 0.15) is 12.5 Å². The number of benzene rings is 2. The summed E-state index contributed by atoms with van der Waals surface area (Å²) in [6.45, 7) is 2.45. The lowest BCUT2D eigenvalue weighted by atomic mass is 10.2. The molecule has 0 fully saturated rings. The van der Waals surface area contributed by atoms with Crippen LogP contribution in [0.25, 0.3) is 16.3 Å². The first kappa shape index (κ1) is 18.8. The number of hydrogen-bond donors (Lipinski definition) is 0. The van der Waals surface area contributed by atoms with Crippen molar-refractivity contribution in [2.75, 3.05) is 13.7 Å². The molecule has 0 bridgehead atoms. The summed E-state index contributed by atoms with van der Waals surface area (Å²) < 4.78 is 13.7. The molecule has 0 atom stereocenters. The second kappa shape index (κ2) is 8.58. The van der Waals surface area contributed by atoms with Crippen molar-refractivity contribution in [2.24, 2.45) is 0 Å². The Bertz CT molecular complexity index is 975. The van der Waals surface area contributed by atoms with E-state index in [1.165, 1.54) is 11.8 Å². The van der Waals surface area contributed by atoms with Gasteiger partial charge in [0, 0.05) is 0 Å². The van der Waals surface area contributed by atoms with Crippen molar-refractivity contribution < 1.29 is 9.47 Å². The Balaban J connectivity index is 1.92. The third kappa shape index (κ3) is 4.21. The topological polar surface area (TPSA) is 55.1 Å². The predicted molar refractivity (Wildman–Crippen MR) is 111 cm³/mol. The first-order valence-electron chi connectivity index (χ1n) is 7.80. The Morgan fingerprint density at radius 3 is 2.88 bits per heavy atom. The molecule has 0 radical (unpaired) electrons. The van der Waals surface area contributed by atoms with Crippen molar-refractivity contribution in [1.29, 1.82) is 5.26 Å². The van der Waals surface area contributed by atoms with Gasteiger partial charge in [0.2, 0.25) is 0 Å². The van der Waals surface area contributed by atoms with Gasteiger partial charge >= 0.3 is 0 Å². The molecule has 0 aliphatic heterocycles. The Hall–Kier alpha value is -2.01. The van der Waals surface area contributed by atoms with Crippen LogP contribution in [0.4, 0.5) is 0 Å². The van der Waals surface area contributed by atoms with Crippen LogP contribution in [0.2, 0.25) is 0 Å². The van der Waals surface area contributed by atoms with E-state index in [9.17, 15) is 5.26 Å². The lowest BCUT2D eigenvalue weighted by Crippen LogP contribution is -1.96. The van der Waals surface area contributed by atoms with Gasteiger partial charge in [-0.1, -0.05) is 12.1 Å². The quantitative estimate of drug-likeness (QED) is 0.337. The summed E-state index contributed by atoms with van der Waals surface area (Å²) in [6, 6.07) is 14.0. The maximum absolute atomic E-state index is 9.54. The summed E-state index contributed by atoms with van der Waals surface area (Å²) >= 11 is 6.44. The van der Waals surface area contributed by atoms with E-state index in [1.54, 1.807) is 18.4 Å². The summed E-state index contributed by atoms with van der Waals surface area (Å²) in [4.78, 5) is 5.13. The Kier molecular flexibility index (Phi) is 6.20. The number of rotatable bonds is 6. The number of nitrogens with zero attached hydrogens (tertiary/aromatic N) is 2. The molecule has 26 heavy (non-hydrogen) atoms. The van der Waals surface area contributed by atoms with Gasteiger partial charge in [-0.05, 0) is 70.5 Å². The molecule has 4 nitrogen and oxygen atoms in total. The summed E-state index contributed by atoms with van der Waals surface area (Å²) in [5.74, 6) is 1.28. The van der Waals surface area contributed by atoms with E-state index in [0.29, 0.717) is 23.0 Å².